The average molecular weight is 299 g/mol. The molecule has 0 atom stereocenters. The van der Waals surface area contributed by atoms with E-state index < -0.39 is 18.2 Å². The third-order valence-electron chi connectivity index (χ3n) is 3.15. The number of aliphatic carboxylic acids is 1. The highest BCUT2D eigenvalue weighted by Gasteiger charge is 2.16. The van der Waals surface area contributed by atoms with E-state index in [1.54, 1.807) is 30.3 Å². The number of carbonyl (C=O) groups is 1. The normalized spacial score (nSPS) is 10.8. The van der Waals surface area contributed by atoms with Crippen molar-refractivity contribution in [1.82, 2.24) is 19.1 Å². The van der Waals surface area contributed by atoms with Gasteiger partial charge in [0.15, 0.2) is 0 Å². The molecule has 8 heteroatoms. The number of nitrogens with zero attached hydrogens (tertiary/aromatic N) is 4. The molecule has 0 aliphatic rings. The van der Waals surface area contributed by atoms with Crippen molar-refractivity contribution in [3.8, 4) is 11.8 Å². The summed E-state index contributed by atoms with van der Waals surface area (Å²) in [5, 5.41) is 10.9. The standard InChI is InChI=1S/C14H12N4O4/c1-22-11-6-7-15-13(16-11)18-10-5-3-2-4-9(10)17(14(18)21)8-12(19)20/h2-7H,8H2,1H3,(H,19,20)/p-1. The van der Waals surface area contributed by atoms with E-state index in [2.05, 4.69) is 9.97 Å². The highest BCUT2D eigenvalue weighted by Crippen LogP contribution is 2.16. The number of methoxy groups -OCH3 is 1. The van der Waals surface area contributed by atoms with Crippen LogP contribution in [-0.4, -0.2) is 32.2 Å². The number of carboxylic acids is 1. The number of para-hydroxylation sites is 2. The number of rotatable bonds is 4. The van der Waals surface area contributed by atoms with Gasteiger partial charge in [-0.05, 0) is 12.1 Å². The van der Waals surface area contributed by atoms with E-state index in [9.17, 15) is 14.7 Å². The number of imidazole rings is 1. The molecular formula is C14H11N4O4-. The molecule has 0 unspecified atom stereocenters. The topological polar surface area (TPSA) is 102 Å². The van der Waals surface area contributed by atoms with Crippen LogP contribution in [0.1, 0.15) is 0 Å². The van der Waals surface area contributed by atoms with Crippen LogP contribution < -0.4 is 15.5 Å². The van der Waals surface area contributed by atoms with Crippen LogP contribution in [0.15, 0.2) is 41.3 Å². The summed E-state index contributed by atoms with van der Waals surface area (Å²) >= 11 is 0. The first kappa shape index (κ1) is 13.8. The molecule has 112 valence electrons. The van der Waals surface area contributed by atoms with Crippen molar-refractivity contribution in [3.63, 3.8) is 0 Å². The van der Waals surface area contributed by atoms with Crippen LogP contribution in [0, 0.1) is 0 Å². The van der Waals surface area contributed by atoms with Gasteiger partial charge in [-0.3, -0.25) is 4.57 Å². The fraction of sp³-hybridized carbons (Fsp3) is 0.143. The number of hydrogen-bond donors (Lipinski definition) is 0. The van der Waals surface area contributed by atoms with Crippen LogP contribution in [0.2, 0.25) is 0 Å². The number of carbonyl (C=O) groups excluding carboxylic acids is 1. The van der Waals surface area contributed by atoms with Gasteiger partial charge in [0.25, 0.3) is 0 Å². The molecule has 0 radical (unpaired) electrons. The van der Waals surface area contributed by atoms with Gasteiger partial charge in [-0.25, -0.2) is 14.3 Å². The summed E-state index contributed by atoms with van der Waals surface area (Å²) in [5.74, 6) is -0.942. The Balaban J connectivity index is 2.31. The Morgan fingerprint density at radius 1 is 1.27 bits per heavy atom. The molecule has 3 aromatic rings. The molecule has 0 bridgehead atoms. The molecule has 8 nitrogen and oxygen atoms in total. The maximum Gasteiger partial charge on any atom is 0.336 e. The van der Waals surface area contributed by atoms with Crippen LogP contribution in [0.3, 0.4) is 0 Å². The Kier molecular flexibility index (Phi) is 3.34. The van der Waals surface area contributed by atoms with Crippen molar-refractivity contribution in [1.29, 1.82) is 0 Å². The fourth-order valence-electron chi connectivity index (χ4n) is 2.24. The van der Waals surface area contributed by atoms with E-state index >= 15 is 0 Å². The van der Waals surface area contributed by atoms with Crippen LogP contribution in [0.5, 0.6) is 5.88 Å². The van der Waals surface area contributed by atoms with Crippen molar-refractivity contribution < 1.29 is 14.6 Å². The van der Waals surface area contributed by atoms with Gasteiger partial charge >= 0.3 is 5.69 Å². The van der Waals surface area contributed by atoms with E-state index in [0.717, 1.165) is 4.57 Å². The largest absolute Gasteiger partial charge is 0.548 e. The average Bonchev–Trinajstić information content (AvgIpc) is 2.79. The lowest BCUT2D eigenvalue weighted by Gasteiger charge is -2.03. The third-order valence-corrected chi connectivity index (χ3v) is 3.15. The molecule has 22 heavy (non-hydrogen) atoms. The third kappa shape index (κ3) is 2.20. The van der Waals surface area contributed by atoms with Crippen LogP contribution in [0.4, 0.5) is 0 Å². The SMILES string of the molecule is COc1ccnc(-n2c(=O)n(CC(=O)[O-])c3ccccc32)n1. The molecule has 2 heterocycles. The van der Waals surface area contributed by atoms with Crippen molar-refractivity contribution in [3.05, 3.63) is 47.0 Å². The fourth-order valence-corrected chi connectivity index (χ4v) is 2.24. The Morgan fingerprint density at radius 3 is 2.68 bits per heavy atom. The predicted octanol–water partition coefficient (Wildman–Crippen LogP) is -0.659. The maximum absolute atomic E-state index is 12.5. The lowest BCUT2D eigenvalue weighted by atomic mass is 10.3. The van der Waals surface area contributed by atoms with Gasteiger partial charge < -0.3 is 14.6 Å². The monoisotopic (exact) mass is 299 g/mol. The van der Waals surface area contributed by atoms with Gasteiger partial charge in [0.05, 0.1) is 30.7 Å². The number of carboxylic acid groups (broad SMARTS) is 1. The first-order chi connectivity index (χ1) is 10.6. The first-order valence-electron chi connectivity index (χ1n) is 6.39. The second kappa shape index (κ2) is 5.32. The summed E-state index contributed by atoms with van der Waals surface area (Å²) < 4.78 is 7.36. The summed E-state index contributed by atoms with van der Waals surface area (Å²) in [6.07, 6.45) is 1.46. The highest BCUT2D eigenvalue weighted by atomic mass is 16.5. The summed E-state index contributed by atoms with van der Waals surface area (Å²) in [6.45, 7) is -0.545. The Morgan fingerprint density at radius 2 is 2.00 bits per heavy atom. The zero-order chi connectivity index (χ0) is 15.7. The molecule has 1 aromatic carbocycles. The second-order valence-corrected chi connectivity index (χ2v) is 4.46. The van der Waals surface area contributed by atoms with E-state index in [0.29, 0.717) is 16.9 Å². The summed E-state index contributed by atoms with van der Waals surface area (Å²) in [5.41, 5.74) is 0.406. The van der Waals surface area contributed by atoms with Crippen molar-refractivity contribution >= 4 is 17.0 Å². The highest BCUT2D eigenvalue weighted by molar-refractivity contribution is 5.79. The van der Waals surface area contributed by atoms with Gasteiger partial charge in [-0.1, -0.05) is 12.1 Å². The smallest absolute Gasteiger partial charge is 0.336 e. The van der Waals surface area contributed by atoms with E-state index in [1.165, 1.54) is 17.9 Å². The molecule has 0 aliphatic heterocycles. The minimum atomic E-state index is -1.35. The lowest BCUT2D eigenvalue weighted by Crippen LogP contribution is -2.33. The van der Waals surface area contributed by atoms with E-state index in [4.69, 9.17) is 4.74 Å². The molecule has 0 spiro atoms. The Labute approximate surface area is 124 Å². The molecule has 0 fully saturated rings. The molecule has 0 saturated carbocycles. The molecule has 0 N–H and O–H groups in total. The molecule has 3 rings (SSSR count). The summed E-state index contributed by atoms with van der Waals surface area (Å²) in [4.78, 5) is 31.6. The van der Waals surface area contributed by atoms with Crippen molar-refractivity contribution in [2.24, 2.45) is 0 Å². The molecule has 0 saturated heterocycles. The number of ether oxygens (including phenoxy) is 1. The maximum atomic E-state index is 12.5. The molecule has 2 aromatic heterocycles. The summed E-state index contributed by atoms with van der Waals surface area (Å²) in [6, 6.07) is 8.34. The second-order valence-electron chi connectivity index (χ2n) is 4.46. The predicted molar refractivity (Wildman–Crippen MR) is 74.7 cm³/mol. The van der Waals surface area contributed by atoms with Gasteiger partial charge in [0.2, 0.25) is 11.8 Å². The van der Waals surface area contributed by atoms with Gasteiger partial charge in [-0.15, -0.1) is 0 Å². The number of aromatic nitrogens is 4. The van der Waals surface area contributed by atoms with E-state index in [-0.39, 0.29) is 5.95 Å². The van der Waals surface area contributed by atoms with Gasteiger partial charge in [0, 0.05) is 12.3 Å². The number of benzene rings is 1. The number of fused-ring (bicyclic) bond motifs is 1. The Hall–Kier alpha value is -3.16. The lowest BCUT2D eigenvalue weighted by molar-refractivity contribution is -0.306. The number of hydrogen-bond acceptors (Lipinski definition) is 6. The quantitative estimate of drug-likeness (QED) is 0.634. The summed E-state index contributed by atoms with van der Waals surface area (Å²) in [7, 11) is 1.45. The van der Waals surface area contributed by atoms with E-state index in [1.807, 2.05) is 0 Å². The van der Waals surface area contributed by atoms with Crippen LogP contribution in [0.25, 0.3) is 17.0 Å². The minimum Gasteiger partial charge on any atom is -0.548 e. The van der Waals surface area contributed by atoms with Crippen molar-refractivity contribution in [2.75, 3.05) is 7.11 Å². The van der Waals surface area contributed by atoms with Crippen LogP contribution in [-0.2, 0) is 11.3 Å². The zero-order valence-corrected chi connectivity index (χ0v) is 11.6. The van der Waals surface area contributed by atoms with Gasteiger partial charge in [0.1, 0.15) is 0 Å². The molecule has 0 aliphatic carbocycles. The van der Waals surface area contributed by atoms with Crippen LogP contribution >= 0.6 is 0 Å². The minimum absolute atomic E-state index is 0.109. The van der Waals surface area contributed by atoms with Gasteiger partial charge in [-0.2, -0.15) is 4.98 Å². The van der Waals surface area contributed by atoms with Crippen molar-refractivity contribution in [2.45, 2.75) is 6.54 Å². The zero-order valence-electron chi connectivity index (χ0n) is 11.6. The first-order valence-corrected chi connectivity index (χ1v) is 6.39. The molecule has 0 amide bonds. The molecular weight excluding hydrogens is 288 g/mol. The Bertz CT molecular complexity index is 913.